The average Bonchev–Trinajstić information content (AvgIpc) is 1.22. The standard InChI is InChI=1S/C21H23N3O.C17H20BrN.C12H9Br.C11H6BrF3O3S.C10H7BrO.C5H11N.C4H4N2O.C4H9.C3H6.Li/c1-16-4-3-12-23(16)13-10-17-6-7-19-15-20(9-8-18(19)14-17)24-21(25)5-2-11-22-24;1-13-3-2-9-19(13)10-8-14-4-5-16-12-17(18)7-6-15(16)11-14;1-2-9-3-4-11-8-12(13)6-5-10(11)7-9;12-9-3-1-8-6-10(4-2-7(8)5-9)18-19(16,17)11(13,14)15;11-9-3-1-8-6-10(12)4-2-7(8)5-9;1-5-3-2-4-6-5;7-4-2-1-3-5-6-4;1-3-4-2;1-3-2;/h2,5-9,11,14-16H,3-4,10,12-13H2,1H3;4-7,11-13H,2-3,8-10H2,1H3;2-8H,1H2;1-6H;1-6,12H;5-6H,2-4H2,1H3;1-3H,(H,6,7);1,3-4H2,2H3;3H,1H2,2H3;/q;;;;;;;-1;;+1. The van der Waals surface area contributed by atoms with Crippen molar-refractivity contribution in [3.63, 3.8) is 0 Å². The van der Waals surface area contributed by atoms with Gasteiger partial charge >= 0.3 is 34.5 Å². The van der Waals surface area contributed by atoms with Crippen LogP contribution in [0.5, 0.6) is 11.5 Å². The number of nitrogens with one attached hydrogen (secondary N) is 2. The minimum Gasteiger partial charge on any atom is -0.508 e. The van der Waals surface area contributed by atoms with Crippen LogP contribution in [-0.4, -0.2) is 99.7 Å². The number of unbranched alkanes of at least 4 members (excludes halogenated alkanes) is 1. The van der Waals surface area contributed by atoms with E-state index in [1.807, 2.05) is 49.4 Å². The van der Waals surface area contributed by atoms with Crippen molar-refractivity contribution in [1.29, 1.82) is 0 Å². The summed E-state index contributed by atoms with van der Waals surface area (Å²) in [5.41, 5.74) is -0.933. The van der Waals surface area contributed by atoms with Gasteiger partial charge in [0.25, 0.3) is 11.1 Å². The first kappa shape index (κ1) is 90.4. The van der Waals surface area contributed by atoms with Gasteiger partial charge in [-0.3, -0.25) is 9.59 Å². The van der Waals surface area contributed by atoms with Crippen LogP contribution in [0.15, 0.2) is 265 Å². The molecule has 3 unspecified atom stereocenters. The molecule has 3 fully saturated rings. The molecule has 109 heavy (non-hydrogen) atoms. The number of H-pyrrole nitrogens is 1. The molecular weight excluding hydrogens is 1650 g/mol. The minimum absolute atomic E-state index is 0. The van der Waals surface area contributed by atoms with E-state index in [1.54, 1.807) is 54.7 Å². The summed E-state index contributed by atoms with van der Waals surface area (Å²) in [5, 5.41) is 33.3. The van der Waals surface area contributed by atoms with Gasteiger partial charge in [-0.25, -0.2) is 5.10 Å². The fourth-order valence-electron chi connectivity index (χ4n) is 11.9. The number of hydrogen-bond donors (Lipinski definition) is 3. The average molecular weight is 1750 g/mol. The van der Waals surface area contributed by atoms with E-state index in [0.29, 0.717) is 11.1 Å². The molecule has 3 N–H and O–H groups in total. The SMILES string of the molecule is C=CC.C=Cc1ccc2cc(Br)ccc2c1.CC1CCCN1.CC1CCCN1CCc1ccc2cc(-n3ncccc3=O)ccc2c1.CC1CCCN1CCc1ccc2cc(Br)ccc2c1.O=S(=O)(Oc1ccc2cc(Br)ccc2c1)C(F)(F)F.O=c1cccn[nH]1.Oc1ccc2cc(Br)ccc2c1.[CH2-]CCC.[Li+]. The number of alkyl halides is 3. The second-order valence-corrected chi connectivity index (χ2v) is 31.4. The third-order valence-electron chi connectivity index (χ3n) is 17.8. The van der Waals surface area contributed by atoms with Gasteiger partial charge in [-0.1, -0.05) is 187 Å². The number of rotatable bonds is 11. The van der Waals surface area contributed by atoms with Gasteiger partial charge in [0, 0.05) is 73.6 Å². The van der Waals surface area contributed by atoms with Crippen molar-refractivity contribution in [2.75, 3.05) is 32.7 Å². The van der Waals surface area contributed by atoms with Gasteiger partial charge in [0.2, 0.25) is 0 Å². The smallest absolute Gasteiger partial charge is 0.508 e. The number of aromatic amines is 1. The summed E-state index contributed by atoms with van der Waals surface area (Å²) in [6.07, 6.45) is 19.4. The Morgan fingerprint density at radius 2 is 1.03 bits per heavy atom. The van der Waals surface area contributed by atoms with Crippen LogP contribution in [0.4, 0.5) is 13.2 Å². The molecule has 22 heteroatoms. The first-order valence-corrected chi connectivity index (χ1v) is 40.6. The van der Waals surface area contributed by atoms with E-state index in [0.717, 1.165) is 101 Å². The van der Waals surface area contributed by atoms with Crippen LogP contribution in [0, 0.1) is 6.92 Å². The molecule has 0 amide bonds. The maximum Gasteiger partial charge on any atom is 1.00 e. The molecule has 3 saturated heterocycles. The molecule has 12 aromatic rings. The van der Waals surface area contributed by atoms with Gasteiger partial charge in [0.05, 0.1) is 5.69 Å². The van der Waals surface area contributed by atoms with Gasteiger partial charge in [-0.2, -0.15) is 42.9 Å². The van der Waals surface area contributed by atoms with E-state index in [9.17, 15) is 36.3 Å². The zero-order valence-corrected chi connectivity index (χ0v) is 69.8. The number of phenols is 1. The Bertz CT molecular complexity index is 5050. The third-order valence-corrected chi connectivity index (χ3v) is 20.8. The van der Waals surface area contributed by atoms with Crippen molar-refractivity contribution in [1.82, 2.24) is 35.1 Å². The van der Waals surface area contributed by atoms with Crippen LogP contribution in [-0.2, 0) is 23.0 Å². The van der Waals surface area contributed by atoms with E-state index < -0.39 is 15.6 Å². The maximum absolute atomic E-state index is 12.2. The number of phenolic OH excluding ortho intramolecular Hbond substituents is 1. The predicted molar refractivity (Wildman–Crippen MR) is 457 cm³/mol. The number of nitrogens with zero attached hydrogens (tertiary/aromatic N) is 5. The minimum atomic E-state index is -5.64. The zero-order valence-electron chi connectivity index (χ0n) is 62.7. The third kappa shape index (κ3) is 30.2. The fourth-order valence-corrected chi connectivity index (χ4v) is 13.9. The maximum atomic E-state index is 12.2. The van der Waals surface area contributed by atoms with Crippen LogP contribution in [0.2, 0.25) is 0 Å². The molecule has 0 spiro atoms. The van der Waals surface area contributed by atoms with E-state index in [1.165, 1.54) is 144 Å². The van der Waals surface area contributed by atoms with Crippen molar-refractivity contribution in [2.45, 2.75) is 122 Å². The summed E-state index contributed by atoms with van der Waals surface area (Å²) in [4.78, 5) is 27.3. The summed E-state index contributed by atoms with van der Waals surface area (Å²) < 4.78 is 67.8. The summed E-state index contributed by atoms with van der Waals surface area (Å²) >= 11 is 13.6. The molecule has 0 saturated carbocycles. The number of halogens is 7. The van der Waals surface area contributed by atoms with E-state index in [2.05, 4.69) is 243 Å². The Labute approximate surface area is 685 Å². The second kappa shape index (κ2) is 46.3. The molecule has 2 aromatic heterocycles. The summed E-state index contributed by atoms with van der Waals surface area (Å²) in [7, 11) is -5.64. The van der Waals surface area contributed by atoms with Gasteiger partial charge in [0.15, 0.2) is 0 Å². The first-order chi connectivity index (χ1) is 51.8. The van der Waals surface area contributed by atoms with E-state index >= 15 is 0 Å². The molecule has 3 aliphatic rings. The Morgan fingerprint density at radius 1 is 0.587 bits per heavy atom. The molecule has 13 nitrogen and oxygen atoms in total. The number of fused-ring (bicyclic) bond motifs is 5. The Morgan fingerprint density at radius 3 is 1.44 bits per heavy atom. The van der Waals surface area contributed by atoms with Gasteiger partial charge < -0.3 is 31.3 Å². The summed E-state index contributed by atoms with van der Waals surface area (Å²) in [6.45, 7) is 27.7. The normalized spacial score (nSPS) is 15.1. The van der Waals surface area contributed by atoms with Gasteiger partial charge in [0.1, 0.15) is 11.5 Å². The van der Waals surface area contributed by atoms with E-state index in [-0.39, 0.29) is 35.7 Å². The fraction of sp³-hybridized carbons (Fsp3) is 0.276. The molecule has 0 bridgehead atoms. The number of hydrogen-bond acceptors (Lipinski definition) is 11. The van der Waals surface area contributed by atoms with Crippen LogP contribution in [0.3, 0.4) is 0 Å². The van der Waals surface area contributed by atoms with Crippen molar-refractivity contribution in [2.24, 2.45) is 0 Å². The monoisotopic (exact) mass is 1750 g/mol. The number of likely N-dealkylation sites (tertiary alicyclic amines) is 2. The van der Waals surface area contributed by atoms with Gasteiger partial charge in [-0.15, -0.1) is 6.58 Å². The molecule has 5 heterocycles. The molecule has 10 aromatic carbocycles. The molecule has 0 aliphatic carbocycles. The molecule has 570 valence electrons. The van der Waals surface area contributed by atoms with Crippen LogP contribution < -0.4 is 39.5 Å². The Kier molecular flexibility index (Phi) is 38.4. The van der Waals surface area contributed by atoms with Crippen LogP contribution >= 0.6 is 63.7 Å². The van der Waals surface area contributed by atoms with Gasteiger partial charge in [-0.05, 0) is 272 Å². The van der Waals surface area contributed by atoms with Crippen molar-refractivity contribution >= 4 is 134 Å². The summed E-state index contributed by atoms with van der Waals surface area (Å²) in [6, 6.07) is 67.3. The second-order valence-electron chi connectivity index (χ2n) is 26.2. The number of aromatic nitrogens is 4. The number of benzene rings is 10. The Balaban J connectivity index is 0.000000202. The number of aromatic hydroxyl groups is 1. The largest absolute Gasteiger partial charge is 1.00 e. The Hall–Kier alpha value is -7.52. The zero-order chi connectivity index (χ0) is 78.2. The first-order valence-electron chi connectivity index (χ1n) is 36.0. The van der Waals surface area contributed by atoms with Crippen LogP contribution in [0.25, 0.3) is 65.6 Å². The number of allylic oxidation sites excluding steroid dienone is 1. The topological polar surface area (TPSA) is 163 Å². The van der Waals surface area contributed by atoms with Crippen molar-refractivity contribution in [3.8, 4) is 17.2 Å². The summed E-state index contributed by atoms with van der Waals surface area (Å²) in [5.74, 6) is -0.0723. The molecule has 3 aliphatic heterocycles. The van der Waals surface area contributed by atoms with Crippen LogP contribution in [0.1, 0.15) is 103 Å². The molecule has 3 atom stereocenters. The van der Waals surface area contributed by atoms with Crippen molar-refractivity contribution in [3.05, 3.63) is 300 Å². The predicted octanol–water partition coefficient (Wildman–Crippen LogP) is 19.8. The van der Waals surface area contributed by atoms with Crippen molar-refractivity contribution < 1.29 is 49.7 Å². The molecule has 15 rings (SSSR count). The molecular formula is C87H95Br4F3LiN7O6S. The molecule has 0 radical (unpaired) electrons. The quantitative estimate of drug-likeness (QED) is 0.0371. The van der Waals surface area contributed by atoms with E-state index in [4.69, 9.17) is 0 Å².